The van der Waals surface area contributed by atoms with Gasteiger partial charge in [0.15, 0.2) is 0 Å². The zero-order valence-electron chi connectivity index (χ0n) is 10.3. The molecule has 1 aromatic rings. The Bertz CT molecular complexity index is 469. The second-order valence-electron chi connectivity index (χ2n) is 4.48. The Morgan fingerprint density at radius 1 is 1.47 bits per heavy atom. The van der Waals surface area contributed by atoms with E-state index in [0.29, 0.717) is 18.1 Å². The van der Waals surface area contributed by atoms with Crippen molar-refractivity contribution in [2.45, 2.75) is 25.4 Å². The van der Waals surface area contributed by atoms with Crippen molar-refractivity contribution in [3.63, 3.8) is 0 Å². The highest BCUT2D eigenvalue weighted by Crippen LogP contribution is 2.20. The number of hydrogen-bond donors (Lipinski definition) is 1. The van der Waals surface area contributed by atoms with Crippen molar-refractivity contribution in [2.75, 3.05) is 6.54 Å². The van der Waals surface area contributed by atoms with Gasteiger partial charge in [-0.3, -0.25) is 0 Å². The minimum atomic E-state index is -0.951. The molecular weight excluding hydrogens is 267 g/mol. The van der Waals surface area contributed by atoms with Crippen molar-refractivity contribution in [3.8, 4) is 0 Å². The third-order valence-electron chi connectivity index (χ3n) is 3.16. The largest absolute Gasteiger partial charge is 0.480 e. The molecule has 1 fully saturated rings. The first-order chi connectivity index (χ1) is 9.09. The van der Waals surface area contributed by atoms with Crippen LogP contribution in [0.3, 0.4) is 0 Å². The molecule has 1 aliphatic rings. The van der Waals surface area contributed by atoms with E-state index in [1.807, 2.05) is 18.2 Å². The van der Waals surface area contributed by atoms with E-state index in [-0.39, 0.29) is 11.7 Å². The molecule has 19 heavy (non-hydrogen) atoms. The molecule has 1 N–H and O–H groups in total. The van der Waals surface area contributed by atoms with Gasteiger partial charge in [0, 0.05) is 6.54 Å². The number of hydrogen-bond acceptors (Lipinski definition) is 2. The molecule has 4 nitrogen and oxygen atoms in total. The Hall–Kier alpha value is -1.69. The molecule has 0 aromatic heterocycles. The number of carbonyl (C=O) groups is 1. The lowest BCUT2D eigenvalue weighted by Gasteiger charge is -2.27. The summed E-state index contributed by atoms with van der Waals surface area (Å²) in [4.78, 5) is 12.5. The van der Waals surface area contributed by atoms with Gasteiger partial charge in [0.1, 0.15) is 6.04 Å². The molecule has 1 unspecified atom stereocenters. The second kappa shape index (κ2) is 5.97. The molecule has 1 aromatic carbocycles. The fourth-order valence-electron chi connectivity index (χ4n) is 2.20. The SMILES string of the molecule is O=C(O)C1CCCN1C(=S)N(F)Cc1ccccc1. The summed E-state index contributed by atoms with van der Waals surface area (Å²) < 4.78 is 14.0. The Kier molecular flexibility index (Phi) is 4.31. The first kappa shape index (κ1) is 13.7. The van der Waals surface area contributed by atoms with Crippen LogP contribution < -0.4 is 0 Å². The van der Waals surface area contributed by atoms with E-state index in [9.17, 15) is 9.28 Å². The average molecular weight is 282 g/mol. The zero-order chi connectivity index (χ0) is 13.8. The Balaban J connectivity index is 2.01. The van der Waals surface area contributed by atoms with Crippen LogP contribution in [0.5, 0.6) is 0 Å². The van der Waals surface area contributed by atoms with Gasteiger partial charge in [0.05, 0.1) is 6.54 Å². The number of aliphatic carboxylic acids is 1. The first-order valence-electron chi connectivity index (χ1n) is 6.10. The van der Waals surface area contributed by atoms with E-state index in [1.165, 1.54) is 4.90 Å². The van der Waals surface area contributed by atoms with Gasteiger partial charge in [0.2, 0.25) is 5.11 Å². The van der Waals surface area contributed by atoms with Crippen LogP contribution in [0, 0.1) is 0 Å². The molecule has 6 heteroatoms. The highest BCUT2D eigenvalue weighted by atomic mass is 32.1. The number of carboxylic acids is 1. The lowest BCUT2D eigenvalue weighted by Crippen LogP contribution is -2.45. The molecular formula is C13H15FN2O2S. The van der Waals surface area contributed by atoms with E-state index >= 15 is 0 Å². The molecule has 2 rings (SSSR count). The number of benzene rings is 1. The monoisotopic (exact) mass is 282 g/mol. The van der Waals surface area contributed by atoms with Crippen molar-refractivity contribution < 1.29 is 14.4 Å². The summed E-state index contributed by atoms with van der Waals surface area (Å²) in [6.07, 6.45) is 1.23. The maximum absolute atomic E-state index is 14.0. The normalized spacial score (nSPS) is 18.4. The molecule has 1 atom stereocenters. The van der Waals surface area contributed by atoms with Crippen LogP contribution in [0.4, 0.5) is 4.48 Å². The number of carboxylic acid groups (broad SMARTS) is 1. The van der Waals surface area contributed by atoms with Gasteiger partial charge >= 0.3 is 5.97 Å². The Morgan fingerprint density at radius 3 is 2.79 bits per heavy atom. The molecule has 0 bridgehead atoms. The Labute approximate surface area is 116 Å². The van der Waals surface area contributed by atoms with Gasteiger partial charge in [-0.1, -0.05) is 34.8 Å². The highest BCUT2D eigenvalue weighted by molar-refractivity contribution is 7.80. The molecule has 0 radical (unpaired) electrons. The predicted octanol–water partition coefficient (Wildman–Crippen LogP) is 2.21. The van der Waals surface area contributed by atoms with Gasteiger partial charge in [-0.25, -0.2) is 4.79 Å². The molecule has 0 saturated carbocycles. The van der Waals surface area contributed by atoms with Crippen LogP contribution in [0.15, 0.2) is 30.3 Å². The minimum absolute atomic E-state index is 0.0303. The fraction of sp³-hybridized carbons (Fsp3) is 0.385. The van der Waals surface area contributed by atoms with Gasteiger partial charge < -0.3 is 10.0 Å². The number of thiocarbonyl (C=S) groups is 1. The molecule has 1 heterocycles. The van der Waals surface area contributed by atoms with Crippen LogP contribution in [0.2, 0.25) is 0 Å². The number of nitrogens with zero attached hydrogens (tertiary/aromatic N) is 2. The molecule has 0 spiro atoms. The third kappa shape index (κ3) is 3.20. The van der Waals surface area contributed by atoms with Gasteiger partial charge in [-0.2, -0.15) is 5.12 Å². The lowest BCUT2D eigenvalue weighted by atomic mass is 10.2. The van der Waals surface area contributed by atoms with Crippen LogP contribution in [-0.4, -0.2) is 38.8 Å². The van der Waals surface area contributed by atoms with E-state index in [1.54, 1.807) is 12.1 Å². The smallest absolute Gasteiger partial charge is 0.326 e. The van der Waals surface area contributed by atoms with Crippen LogP contribution in [0.25, 0.3) is 0 Å². The number of rotatable bonds is 3. The second-order valence-corrected chi connectivity index (χ2v) is 4.84. The van der Waals surface area contributed by atoms with Gasteiger partial charge in [-0.05, 0) is 30.6 Å². The van der Waals surface area contributed by atoms with Crippen LogP contribution in [0.1, 0.15) is 18.4 Å². The lowest BCUT2D eigenvalue weighted by molar-refractivity contribution is -0.141. The molecule has 1 aliphatic heterocycles. The molecule has 0 amide bonds. The highest BCUT2D eigenvalue weighted by Gasteiger charge is 2.34. The molecule has 0 aliphatic carbocycles. The summed E-state index contributed by atoms with van der Waals surface area (Å²) in [5.74, 6) is -0.951. The van der Waals surface area contributed by atoms with E-state index < -0.39 is 12.0 Å². The van der Waals surface area contributed by atoms with E-state index in [4.69, 9.17) is 17.3 Å². The standard InChI is InChI=1S/C13H15FN2O2S/c14-16(9-10-5-2-1-3-6-10)13(19)15-8-4-7-11(15)12(17)18/h1-3,5-6,11H,4,7-9H2,(H,17,18). The summed E-state index contributed by atoms with van der Waals surface area (Å²) in [6, 6.07) is 8.39. The fourth-order valence-corrected chi connectivity index (χ4v) is 2.49. The third-order valence-corrected chi connectivity index (χ3v) is 3.59. The molecule has 102 valence electrons. The van der Waals surface area contributed by atoms with Crippen molar-refractivity contribution in [2.24, 2.45) is 0 Å². The quantitative estimate of drug-likeness (QED) is 0.680. The predicted molar refractivity (Wildman–Crippen MR) is 73.1 cm³/mol. The number of halogens is 1. The summed E-state index contributed by atoms with van der Waals surface area (Å²) in [5.41, 5.74) is 0.790. The zero-order valence-corrected chi connectivity index (χ0v) is 11.1. The van der Waals surface area contributed by atoms with E-state index in [2.05, 4.69) is 0 Å². The van der Waals surface area contributed by atoms with Crippen molar-refractivity contribution in [1.29, 1.82) is 0 Å². The van der Waals surface area contributed by atoms with Gasteiger partial charge in [-0.15, -0.1) is 0 Å². The Morgan fingerprint density at radius 2 is 2.16 bits per heavy atom. The maximum atomic E-state index is 14.0. The summed E-state index contributed by atoms with van der Waals surface area (Å²) in [5, 5.41) is 9.45. The summed E-state index contributed by atoms with van der Waals surface area (Å²) in [7, 11) is 0. The van der Waals surface area contributed by atoms with Crippen LogP contribution in [-0.2, 0) is 11.3 Å². The summed E-state index contributed by atoms with van der Waals surface area (Å²) >= 11 is 5.05. The van der Waals surface area contributed by atoms with Crippen LogP contribution >= 0.6 is 12.2 Å². The van der Waals surface area contributed by atoms with E-state index in [0.717, 1.165) is 12.0 Å². The minimum Gasteiger partial charge on any atom is -0.480 e. The molecule has 1 saturated heterocycles. The average Bonchev–Trinajstić information content (AvgIpc) is 2.88. The number of likely N-dealkylation sites (tertiary alicyclic amines) is 1. The van der Waals surface area contributed by atoms with Crippen molar-refractivity contribution in [3.05, 3.63) is 35.9 Å². The topological polar surface area (TPSA) is 43.8 Å². The van der Waals surface area contributed by atoms with Crippen molar-refractivity contribution >= 4 is 23.3 Å². The summed E-state index contributed by atoms with van der Waals surface area (Å²) in [6.45, 7) is 0.521. The maximum Gasteiger partial charge on any atom is 0.326 e. The first-order valence-corrected chi connectivity index (χ1v) is 6.51. The van der Waals surface area contributed by atoms with Gasteiger partial charge in [0.25, 0.3) is 0 Å². The van der Waals surface area contributed by atoms with Crippen molar-refractivity contribution in [1.82, 2.24) is 10.0 Å².